The molecule has 0 radical (unpaired) electrons. The maximum Gasteiger partial charge on any atom is 0.308 e. The largest absolute Gasteiger partial charge is 0.427 e. The lowest BCUT2D eigenvalue weighted by Crippen LogP contribution is -2.51. The molecule has 3 heterocycles. The molecule has 1 amide bonds. The third-order valence-corrected chi connectivity index (χ3v) is 8.96. The molecular formula is C35H25ClN2O5. The van der Waals surface area contributed by atoms with Crippen LogP contribution in [0.15, 0.2) is 103 Å². The normalized spacial score (nSPS) is 22.9. The summed E-state index contributed by atoms with van der Waals surface area (Å²) in [7, 11) is 0. The van der Waals surface area contributed by atoms with E-state index in [0.717, 1.165) is 11.3 Å². The number of anilines is 2. The van der Waals surface area contributed by atoms with E-state index in [0.29, 0.717) is 22.6 Å². The predicted molar refractivity (Wildman–Crippen MR) is 164 cm³/mol. The number of benzene rings is 4. The van der Waals surface area contributed by atoms with Crippen LogP contribution in [0.1, 0.15) is 38.8 Å². The van der Waals surface area contributed by atoms with E-state index in [4.69, 9.17) is 16.3 Å². The van der Waals surface area contributed by atoms with Crippen LogP contribution in [-0.4, -0.2) is 35.5 Å². The SMILES string of the molecule is CC(=O)Oc1ccc(C(=O)C2C(C(=O)c3ccccc3Cl)C3(C(=O)Nc4ccccc43)C3C=Cc4ccccc4N23)cc1. The average Bonchev–Trinajstić information content (AvgIpc) is 3.49. The number of carbonyl (C=O) groups excluding carboxylic acids is 4. The molecule has 1 N–H and O–H groups in total. The van der Waals surface area contributed by atoms with Crippen LogP contribution in [0, 0.1) is 5.92 Å². The van der Waals surface area contributed by atoms with Crippen molar-refractivity contribution in [1.29, 1.82) is 0 Å². The van der Waals surface area contributed by atoms with Crippen molar-refractivity contribution in [2.24, 2.45) is 5.92 Å². The van der Waals surface area contributed by atoms with Gasteiger partial charge in [-0.15, -0.1) is 0 Å². The molecule has 3 aliphatic rings. The van der Waals surface area contributed by atoms with Crippen LogP contribution in [0.2, 0.25) is 5.02 Å². The molecule has 7 rings (SSSR count). The Morgan fingerprint density at radius 1 is 0.860 bits per heavy atom. The molecular weight excluding hydrogens is 564 g/mol. The van der Waals surface area contributed by atoms with Crippen LogP contribution in [-0.2, 0) is 15.0 Å². The zero-order valence-electron chi connectivity index (χ0n) is 23.0. The van der Waals surface area contributed by atoms with Crippen molar-refractivity contribution in [2.45, 2.75) is 24.4 Å². The zero-order valence-corrected chi connectivity index (χ0v) is 23.7. The summed E-state index contributed by atoms with van der Waals surface area (Å²) in [4.78, 5) is 57.4. The van der Waals surface area contributed by atoms with Crippen molar-refractivity contribution in [3.63, 3.8) is 0 Å². The maximum atomic E-state index is 14.8. The van der Waals surface area contributed by atoms with Crippen LogP contribution in [0.25, 0.3) is 6.08 Å². The van der Waals surface area contributed by atoms with Crippen molar-refractivity contribution < 1.29 is 23.9 Å². The number of rotatable bonds is 5. The lowest BCUT2D eigenvalue weighted by Gasteiger charge is -2.37. The number of para-hydroxylation sites is 2. The first-order valence-corrected chi connectivity index (χ1v) is 14.3. The summed E-state index contributed by atoms with van der Waals surface area (Å²) in [6.07, 6.45) is 3.87. The summed E-state index contributed by atoms with van der Waals surface area (Å²) < 4.78 is 5.17. The van der Waals surface area contributed by atoms with E-state index < -0.39 is 35.2 Å². The van der Waals surface area contributed by atoms with Crippen LogP contribution >= 0.6 is 11.6 Å². The summed E-state index contributed by atoms with van der Waals surface area (Å²) in [6, 6.07) is 26.2. The van der Waals surface area contributed by atoms with E-state index in [1.807, 2.05) is 65.6 Å². The first kappa shape index (κ1) is 26.9. The van der Waals surface area contributed by atoms with Crippen molar-refractivity contribution >= 4 is 52.5 Å². The Kier molecular flexibility index (Phi) is 6.29. The highest BCUT2D eigenvalue weighted by molar-refractivity contribution is 6.34. The van der Waals surface area contributed by atoms with E-state index in [1.54, 1.807) is 48.5 Å². The van der Waals surface area contributed by atoms with E-state index in [9.17, 15) is 19.2 Å². The molecule has 4 aromatic rings. The molecule has 0 bridgehead atoms. The van der Waals surface area contributed by atoms with E-state index in [1.165, 1.54) is 6.92 Å². The van der Waals surface area contributed by atoms with Gasteiger partial charge in [-0.3, -0.25) is 19.2 Å². The minimum absolute atomic E-state index is 0.242. The molecule has 0 aromatic heterocycles. The lowest BCUT2D eigenvalue weighted by molar-refractivity contribution is -0.131. The monoisotopic (exact) mass is 588 g/mol. The van der Waals surface area contributed by atoms with Gasteiger partial charge in [0, 0.05) is 29.4 Å². The van der Waals surface area contributed by atoms with Crippen molar-refractivity contribution in [2.75, 3.05) is 10.2 Å². The van der Waals surface area contributed by atoms with Gasteiger partial charge in [0.2, 0.25) is 5.91 Å². The Labute approximate surface area is 252 Å². The van der Waals surface area contributed by atoms with Crippen LogP contribution in [0.5, 0.6) is 5.75 Å². The number of amides is 1. The Balaban J connectivity index is 1.49. The molecule has 0 aliphatic carbocycles. The Morgan fingerprint density at radius 2 is 1.56 bits per heavy atom. The van der Waals surface area contributed by atoms with Gasteiger partial charge in [-0.25, -0.2) is 0 Å². The molecule has 4 unspecified atom stereocenters. The lowest BCUT2D eigenvalue weighted by atomic mass is 9.64. The molecule has 4 atom stereocenters. The van der Waals surface area contributed by atoms with Gasteiger partial charge in [0.15, 0.2) is 11.6 Å². The number of hydrogen-bond acceptors (Lipinski definition) is 6. The molecule has 7 nitrogen and oxygen atoms in total. The number of ether oxygens (including phenoxy) is 1. The number of esters is 1. The third-order valence-electron chi connectivity index (χ3n) is 8.63. The number of nitrogens with one attached hydrogen (secondary N) is 1. The fraction of sp³-hybridized carbons (Fsp3) is 0.143. The van der Waals surface area contributed by atoms with Gasteiger partial charge >= 0.3 is 5.97 Å². The predicted octanol–water partition coefficient (Wildman–Crippen LogP) is 6.12. The highest BCUT2D eigenvalue weighted by Gasteiger charge is 2.70. The fourth-order valence-corrected chi connectivity index (χ4v) is 7.20. The molecule has 0 saturated carbocycles. The summed E-state index contributed by atoms with van der Waals surface area (Å²) >= 11 is 6.59. The highest BCUT2D eigenvalue weighted by Crippen LogP contribution is 2.58. The van der Waals surface area contributed by atoms with Gasteiger partial charge < -0.3 is 15.0 Å². The Bertz CT molecular complexity index is 1870. The van der Waals surface area contributed by atoms with E-state index >= 15 is 0 Å². The minimum Gasteiger partial charge on any atom is -0.427 e. The summed E-state index contributed by atoms with van der Waals surface area (Å²) in [5, 5.41) is 3.26. The number of halogens is 1. The van der Waals surface area contributed by atoms with Crippen LogP contribution in [0.4, 0.5) is 11.4 Å². The standard InChI is InChI=1S/C35H25ClN2O5/c1-20(39)43-23-17-14-22(15-18-23)32(40)31-30(33(41)24-9-3-5-11-26(24)36)35(25-10-4-6-12-27(25)37-34(35)42)29-19-16-21-8-2-7-13-28(21)38(29)31/h2-19,29-31H,1H3,(H,37,42). The number of Topliss-reactive ketones (excluding diaryl/α,β-unsaturated/α-hetero) is 2. The summed E-state index contributed by atoms with van der Waals surface area (Å²) in [5.74, 6) is -2.41. The Morgan fingerprint density at radius 3 is 2.33 bits per heavy atom. The van der Waals surface area contributed by atoms with E-state index in [2.05, 4.69) is 5.32 Å². The van der Waals surface area contributed by atoms with Gasteiger partial charge in [-0.1, -0.05) is 72.3 Å². The number of fused-ring (bicyclic) bond motifs is 6. The van der Waals surface area contributed by atoms with Crippen LogP contribution in [0.3, 0.4) is 0 Å². The second-order valence-electron chi connectivity index (χ2n) is 10.9. The Hall–Kier alpha value is -5.01. The van der Waals surface area contributed by atoms with Crippen molar-refractivity contribution in [3.8, 4) is 5.75 Å². The molecule has 4 aromatic carbocycles. The average molecular weight is 589 g/mol. The zero-order chi connectivity index (χ0) is 29.9. The second kappa shape index (κ2) is 10.1. The van der Waals surface area contributed by atoms with Gasteiger partial charge in [0.25, 0.3) is 0 Å². The summed E-state index contributed by atoms with van der Waals surface area (Å²) in [6.45, 7) is 1.30. The van der Waals surface area contributed by atoms with E-state index in [-0.39, 0.29) is 22.3 Å². The van der Waals surface area contributed by atoms with Gasteiger partial charge in [-0.05, 0) is 59.7 Å². The number of hydrogen-bond donors (Lipinski definition) is 1. The number of ketones is 2. The highest BCUT2D eigenvalue weighted by atomic mass is 35.5. The molecule has 1 saturated heterocycles. The molecule has 43 heavy (non-hydrogen) atoms. The quantitative estimate of drug-likeness (QED) is 0.171. The number of nitrogens with zero attached hydrogens (tertiary/aromatic N) is 1. The van der Waals surface area contributed by atoms with Crippen molar-refractivity contribution in [3.05, 3.63) is 130 Å². The maximum absolute atomic E-state index is 14.8. The minimum atomic E-state index is -1.44. The number of carbonyl (C=O) groups is 4. The first-order valence-electron chi connectivity index (χ1n) is 13.9. The van der Waals surface area contributed by atoms with Crippen molar-refractivity contribution in [1.82, 2.24) is 0 Å². The van der Waals surface area contributed by atoms with Gasteiger partial charge in [0.05, 0.1) is 17.0 Å². The molecule has 212 valence electrons. The van der Waals surface area contributed by atoms with Gasteiger partial charge in [0.1, 0.15) is 17.2 Å². The topological polar surface area (TPSA) is 92.8 Å². The smallest absolute Gasteiger partial charge is 0.308 e. The first-order chi connectivity index (χ1) is 20.8. The molecule has 1 fully saturated rings. The fourth-order valence-electron chi connectivity index (χ4n) is 6.97. The molecule has 8 heteroatoms. The summed E-state index contributed by atoms with van der Waals surface area (Å²) in [5.41, 5.74) is 2.00. The molecule has 3 aliphatic heterocycles. The van der Waals surface area contributed by atoms with Crippen LogP contribution < -0.4 is 15.0 Å². The van der Waals surface area contributed by atoms with Gasteiger partial charge in [-0.2, -0.15) is 0 Å². The second-order valence-corrected chi connectivity index (χ2v) is 11.3. The third kappa shape index (κ3) is 3.96. The molecule has 1 spiro atoms.